The van der Waals surface area contributed by atoms with Gasteiger partial charge in [-0.25, -0.2) is 8.42 Å². The second kappa shape index (κ2) is 15.4. The summed E-state index contributed by atoms with van der Waals surface area (Å²) in [5.74, 6) is 0.416. The second-order valence-corrected chi connectivity index (χ2v) is 13.6. The number of aryl methyl sites for hydroxylation is 2. The molecule has 0 heterocycles. The Bertz CT molecular complexity index is 1620. The number of rotatable bonds is 13. The Balaban J connectivity index is 1.74. The highest BCUT2D eigenvalue weighted by Gasteiger charge is 2.34. The van der Waals surface area contributed by atoms with Crippen LogP contribution in [0.4, 0.5) is 5.69 Å². The summed E-state index contributed by atoms with van der Waals surface area (Å²) in [5.41, 5.74) is 2.75. The number of nitrogens with one attached hydrogen (secondary N) is 1. The van der Waals surface area contributed by atoms with Crippen LogP contribution in [-0.2, 0) is 26.2 Å². The molecule has 0 radical (unpaired) electrons. The van der Waals surface area contributed by atoms with Gasteiger partial charge < -0.3 is 24.4 Å². The molecule has 0 saturated heterocycles. The first-order chi connectivity index (χ1) is 22.0. The van der Waals surface area contributed by atoms with E-state index in [1.165, 1.54) is 37.3 Å². The minimum absolute atomic E-state index is 0.0506. The number of anilines is 1. The summed E-state index contributed by atoms with van der Waals surface area (Å²) in [6, 6.07) is 16.1. The molecule has 1 saturated carbocycles. The van der Waals surface area contributed by atoms with Crippen molar-refractivity contribution in [2.24, 2.45) is 0 Å². The molecule has 0 bridgehead atoms. The van der Waals surface area contributed by atoms with Crippen molar-refractivity contribution in [3.8, 4) is 17.2 Å². The minimum Gasteiger partial charge on any atom is -0.497 e. The first kappa shape index (κ1) is 34.6. The molecule has 1 aliphatic carbocycles. The smallest absolute Gasteiger partial charge is 0.264 e. The lowest BCUT2D eigenvalue weighted by molar-refractivity contribution is -0.139. The Labute approximate surface area is 272 Å². The normalized spacial score (nSPS) is 14.2. The Kier molecular flexibility index (Phi) is 11.6. The van der Waals surface area contributed by atoms with E-state index in [2.05, 4.69) is 5.32 Å². The number of methoxy groups -OCH3 is 3. The van der Waals surface area contributed by atoms with Gasteiger partial charge >= 0.3 is 0 Å². The van der Waals surface area contributed by atoms with Gasteiger partial charge in [0.25, 0.3) is 10.0 Å². The van der Waals surface area contributed by atoms with Gasteiger partial charge in [0.05, 0.1) is 31.9 Å². The lowest BCUT2D eigenvalue weighted by Crippen LogP contribution is -2.53. The molecule has 2 amide bonds. The average molecular weight is 652 g/mol. The van der Waals surface area contributed by atoms with Gasteiger partial charge in [-0.2, -0.15) is 0 Å². The first-order valence-corrected chi connectivity index (χ1v) is 17.0. The maximum absolute atomic E-state index is 14.4. The molecule has 0 unspecified atom stereocenters. The Hall–Kier alpha value is -4.25. The van der Waals surface area contributed by atoms with E-state index in [1.54, 1.807) is 38.3 Å². The molecule has 0 aliphatic heterocycles. The molecule has 1 N–H and O–H groups in total. The highest BCUT2D eigenvalue weighted by atomic mass is 32.2. The number of amides is 2. The molecule has 248 valence electrons. The van der Waals surface area contributed by atoms with Crippen molar-refractivity contribution < 1.29 is 32.2 Å². The maximum Gasteiger partial charge on any atom is 0.264 e. The lowest BCUT2D eigenvalue weighted by Gasteiger charge is -2.33. The Morgan fingerprint density at radius 3 is 2.17 bits per heavy atom. The molecule has 3 aromatic rings. The van der Waals surface area contributed by atoms with Crippen molar-refractivity contribution >= 4 is 27.5 Å². The quantitative estimate of drug-likeness (QED) is 0.264. The molecule has 46 heavy (non-hydrogen) atoms. The molecule has 10 nitrogen and oxygen atoms in total. The van der Waals surface area contributed by atoms with Crippen molar-refractivity contribution in [1.82, 2.24) is 10.2 Å². The summed E-state index contributed by atoms with van der Waals surface area (Å²) in [5, 5.41) is 3.13. The predicted octanol–water partition coefficient (Wildman–Crippen LogP) is 5.39. The standard InChI is InChI=1S/C35H45N3O7S/c1-24-17-25(2)19-29(18-24)38(46(41,42)31-15-16-32(44-5)33(21-31)45-6)23-34(39)37(22-27-11-10-14-30(20-27)43-4)26(3)35(40)36-28-12-8-7-9-13-28/h10-11,14-21,26,28H,7-9,12-13,22-23H2,1-6H3,(H,36,40)/t26-/m0/s1. The maximum atomic E-state index is 14.4. The van der Waals surface area contributed by atoms with Crippen molar-refractivity contribution in [2.45, 2.75) is 76.4 Å². The summed E-state index contributed by atoms with van der Waals surface area (Å²) in [4.78, 5) is 29.3. The van der Waals surface area contributed by atoms with Crippen molar-refractivity contribution in [1.29, 1.82) is 0 Å². The molecular weight excluding hydrogens is 606 g/mol. The molecule has 0 aromatic heterocycles. The summed E-state index contributed by atoms with van der Waals surface area (Å²) in [6.45, 7) is 4.95. The van der Waals surface area contributed by atoms with E-state index >= 15 is 0 Å². The van der Waals surface area contributed by atoms with Crippen LogP contribution in [0.15, 0.2) is 65.6 Å². The van der Waals surface area contributed by atoms with E-state index in [0.29, 0.717) is 17.2 Å². The van der Waals surface area contributed by atoms with Gasteiger partial charge in [0.15, 0.2) is 11.5 Å². The minimum atomic E-state index is -4.30. The van der Waals surface area contributed by atoms with E-state index in [1.807, 2.05) is 32.0 Å². The zero-order chi connectivity index (χ0) is 33.4. The number of carbonyl (C=O) groups is 2. The van der Waals surface area contributed by atoms with E-state index in [4.69, 9.17) is 14.2 Å². The summed E-state index contributed by atoms with van der Waals surface area (Å²) >= 11 is 0. The van der Waals surface area contributed by atoms with Gasteiger partial charge in [0.2, 0.25) is 11.8 Å². The third-order valence-electron chi connectivity index (χ3n) is 8.32. The molecule has 4 rings (SSSR count). The van der Waals surface area contributed by atoms with Crippen LogP contribution in [0.2, 0.25) is 0 Å². The highest BCUT2D eigenvalue weighted by Crippen LogP contribution is 2.33. The Morgan fingerprint density at radius 2 is 1.54 bits per heavy atom. The molecular formula is C35H45N3O7S. The first-order valence-electron chi connectivity index (χ1n) is 15.5. The van der Waals surface area contributed by atoms with Gasteiger partial charge in [-0.15, -0.1) is 0 Å². The molecule has 1 atom stereocenters. The van der Waals surface area contributed by atoms with Crippen LogP contribution in [0.1, 0.15) is 55.7 Å². The third-order valence-corrected chi connectivity index (χ3v) is 10.1. The van der Waals surface area contributed by atoms with E-state index in [-0.39, 0.29) is 29.1 Å². The number of carbonyl (C=O) groups excluding carboxylic acids is 2. The fourth-order valence-corrected chi connectivity index (χ4v) is 7.26. The number of nitrogens with zero attached hydrogens (tertiary/aromatic N) is 2. The predicted molar refractivity (Wildman–Crippen MR) is 178 cm³/mol. The van der Waals surface area contributed by atoms with Crippen LogP contribution >= 0.6 is 0 Å². The van der Waals surface area contributed by atoms with Crippen molar-refractivity contribution in [3.63, 3.8) is 0 Å². The van der Waals surface area contributed by atoms with Crippen LogP contribution in [0.25, 0.3) is 0 Å². The van der Waals surface area contributed by atoms with Crippen LogP contribution in [0.5, 0.6) is 17.2 Å². The van der Waals surface area contributed by atoms with Crippen molar-refractivity contribution in [3.05, 3.63) is 77.4 Å². The monoisotopic (exact) mass is 651 g/mol. The zero-order valence-corrected chi connectivity index (χ0v) is 28.4. The summed E-state index contributed by atoms with van der Waals surface area (Å²) in [7, 11) is 0.156. The number of sulfonamides is 1. The second-order valence-electron chi connectivity index (χ2n) is 11.8. The zero-order valence-electron chi connectivity index (χ0n) is 27.5. The number of hydrogen-bond acceptors (Lipinski definition) is 7. The van der Waals surface area contributed by atoms with Gasteiger partial charge in [-0.05, 0) is 86.7 Å². The highest BCUT2D eigenvalue weighted by molar-refractivity contribution is 7.92. The fraction of sp³-hybridized carbons (Fsp3) is 0.429. The number of benzene rings is 3. The van der Waals surface area contributed by atoms with Gasteiger partial charge in [-0.1, -0.05) is 37.5 Å². The molecule has 0 spiro atoms. The fourth-order valence-electron chi connectivity index (χ4n) is 5.85. The van der Waals surface area contributed by atoms with Gasteiger partial charge in [-0.3, -0.25) is 13.9 Å². The SMILES string of the molecule is COc1cccc(CN(C(=O)CN(c2cc(C)cc(C)c2)S(=O)(=O)c2ccc(OC)c(OC)c2)[C@@H](C)C(=O)NC2CCCCC2)c1. The molecule has 11 heteroatoms. The van der Waals surface area contributed by atoms with E-state index in [0.717, 1.165) is 53.1 Å². The third kappa shape index (κ3) is 8.31. The number of hydrogen-bond donors (Lipinski definition) is 1. The van der Waals surface area contributed by atoms with E-state index in [9.17, 15) is 18.0 Å². The lowest BCUT2D eigenvalue weighted by atomic mass is 9.95. The Morgan fingerprint density at radius 1 is 0.870 bits per heavy atom. The van der Waals surface area contributed by atoms with E-state index < -0.39 is 28.5 Å². The molecule has 3 aromatic carbocycles. The van der Waals surface area contributed by atoms with Gasteiger partial charge in [0.1, 0.15) is 18.3 Å². The van der Waals surface area contributed by atoms with Crippen LogP contribution < -0.4 is 23.8 Å². The summed E-state index contributed by atoms with van der Waals surface area (Å²) < 4.78 is 45.9. The summed E-state index contributed by atoms with van der Waals surface area (Å²) in [6.07, 6.45) is 5.03. The van der Waals surface area contributed by atoms with Gasteiger partial charge in [0, 0.05) is 18.7 Å². The van der Waals surface area contributed by atoms with Crippen LogP contribution in [0, 0.1) is 13.8 Å². The largest absolute Gasteiger partial charge is 0.497 e. The van der Waals surface area contributed by atoms with Crippen LogP contribution in [0.3, 0.4) is 0 Å². The van der Waals surface area contributed by atoms with Crippen LogP contribution in [-0.4, -0.2) is 65.1 Å². The van der Waals surface area contributed by atoms with Crippen molar-refractivity contribution in [2.75, 3.05) is 32.2 Å². The topological polar surface area (TPSA) is 114 Å². The average Bonchev–Trinajstić information content (AvgIpc) is 3.05. The molecule has 1 aliphatic rings. The number of ether oxygens (including phenoxy) is 3. The molecule has 1 fully saturated rings.